The van der Waals surface area contributed by atoms with Gasteiger partial charge in [0.05, 0.1) is 30.2 Å². The Labute approximate surface area is 177 Å². The van der Waals surface area contributed by atoms with E-state index in [1.807, 2.05) is 6.92 Å². The van der Waals surface area contributed by atoms with Crippen LogP contribution in [0.4, 0.5) is 11.6 Å². The number of aromatic nitrogens is 6. The Morgan fingerprint density at radius 2 is 2.00 bits per heavy atom. The number of anilines is 2. The van der Waals surface area contributed by atoms with Gasteiger partial charge in [0.15, 0.2) is 5.69 Å². The predicted octanol–water partition coefficient (Wildman–Crippen LogP) is 0.800. The van der Waals surface area contributed by atoms with Crippen LogP contribution in [0.25, 0.3) is 0 Å². The SMILES string of the molecule is C[C@@H](c1cnc(N2C[C@H]3C[C@H]3C2=O)nc1)n1cc(NC(=O)c2nccnc2CO)cn1. The Morgan fingerprint density at radius 1 is 1.23 bits per heavy atom. The van der Waals surface area contributed by atoms with Crippen LogP contribution in [0, 0.1) is 11.8 Å². The molecule has 1 saturated carbocycles. The molecule has 3 atom stereocenters. The lowest BCUT2D eigenvalue weighted by molar-refractivity contribution is -0.118. The van der Waals surface area contributed by atoms with Crippen molar-refractivity contribution in [2.75, 3.05) is 16.8 Å². The zero-order valence-electron chi connectivity index (χ0n) is 16.7. The van der Waals surface area contributed by atoms with Crippen LogP contribution in [0.3, 0.4) is 0 Å². The van der Waals surface area contributed by atoms with E-state index in [0.29, 0.717) is 24.1 Å². The van der Waals surface area contributed by atoms with E-state index in [2.05, 4.69) is 30.4 Å². The largest absolute Gasteiger partial charge is 0.390 e. The highest BCUT2D eigenvalue weighted by molar-refractivity contribution is 6.03. The Balaban J connectivity index is 1.27. The quantitative estimate of drug-likeness (QED) is 0.597. The summed E-state index contributed by atoms with van der Waals surface area (Å²) in [5, 5.41) is 16.3. The lowest BCUT2D eigenvalue weighted by Crippen LogP contribution is -2.29. The molecule has 0 radical (unpaired) electrons. The maximum absolute atomic E-state index is 12.4. The molecule has 1 saturated heterocycles. The molecule has 0 spiro atoms. The molecule has 1 aliphatic carbocycles. The Bertz CT molecular complexity index is 1150. The van der Waals surface area contributed by atoms with Gasteiger partial charge in [0.1, 0.15) is 0 Å². The number of fused-ring (bicyclic) bond motifs is 1. The lowest BCUT2D eigenvalue weighted by Gasteiger charge is -2.17. The van der Waals surface area contributed by atoms with Crippen LogP contribution < -0.4 is 10.2 Å². The van der Waals surface area contributed by atoms with Gasteiger partial charge >= 0.3 is 0 Å². The third-order valence-corrected chi connectivity index (χ3v) is 5.70. The van der Waals surface area contributed by atoms with Crippen LogP contribution in [0.15, 0.2) is 37.2 Å². The molecule has 2 amide bonds. The molecular weight excluding hydrogens is 400 g/mol. The number of nitrogens with zero attached hydrogens (tertiary/aromatic N) is 7. The number of carbonyl (C=O) groups excluding carboxylic acids is 2. The zero-order valence-corrected chi connectivity index (χ0v) is 16.7. The molecule has 2 N–H and O–H groups in total. The summed E-state index contributed by atoms with van der Waals surface area (Å²) in [6, 6.07) is -0.188. The summed E-state index contributed by atoms with van der Waals surface area (Å²) in [6.07, 6.45) is 10.4. The molecule has 0 unspecified atom stereocenters. The van der Waals surface area contributed by atoms with Crippen molar-refractivity contribution in [1.82, 2.24) is 29.7 Å². The fraction of sp³-hybridized carbons (Fsp3) is 0.350. The number of carbonyl (C=O) groups is 2. The summed E-state index contributed by atoms with van der Waals surface area (Å²) < 4.78 is 1.67. The topological polar surface area (TPSA) is 139 Å². The summed E-state index contributed by atoms with van der Waals surface area (Å²) in [5.74, 6) is 0.694. The summed E-state index contributed by atoms with van der Waals surface area (Å²) in [7, 11) is 0. The van der Waals surface area contributed by atoms with Gasteiger partial charge in [0.2, 0.25) is 11.9 Å². The van der Waals surface area contributed by atoms with Gasteiger partial charge in [0, 0.05) is 49.0 Å². The van der Waals surface area contributed by atoms with Crippen LogP contribution >= 0.6 is 0 Å². The van der Waals surface area contributed by atoms with Crippen LogP contribution in [-0.4, -0.2) is 53.2 Å². The van der Waals surface area contributed by atoms with Crippen LogP contribution in [0.5, 0.6) is 0 Å². The molecule has 2 fully saturated rings. The average Bonchev–Trinajstić information content (AvgIpc) is 3.30. The van der Waals surface area contributed by atoms with Gasteiger partial charge in [-0.1, -0.05) is 0 Å². The number of piperidine rings is 1. The Hall–Kier alpha value is -3.73. The second-order valence-corrected chi connectivity index (χ2v) is 7.72. The van der Waals surface area contributed by atoms with Gasteiger partial charge in [-0.25, -0.2) is 15.0 Å². The first-order valence-corrected chi connectivity index (χ1v) is 9.94. The highest BCUT2D eigenvalue weighted by atomic mass is 16.3. The molecule has 0 aromatic carbocycles. The number of rotatable bonds is 6. The second-order valence-electron chi connectivity index (χ2n) is 7.72. The molecule has 1 aliphatic heterocycles. The normalized spacial score (nSPS) is 20.5. The number of hydrogen-bond acceptors (Lipinski definition) is 8. The number of aliphatic hydroxyl groups excluding tert-OH is 1. The first-order chi connectivity index (χ1) is 15.0. The third kappa shape index (κ3) is 3.52. The molecule has 11 nitrogen and oxygen atoms in total. The maximum atomic E-state index is 12.4. The van der Waals surface area contributed by atoms with Crippen LogP contribution in [0.2, 0.25) is 0 Å². The number of nitrogens with one attached hydrogen (secondary N) is 1. The van der Waals surface area contributed by atoms with Crippen molar-refractivity contribution < 1.29 is 14.7 Å². The van der Waals surface area contributed by atoms with E-state index in [9.17, 15) is 14.7 Å². The van der Waals surface area contributed by atoms with E-state index in [1.165, 1.54) is 18.6 Å². The minimum absolute atomic E-state index is 0.0592. The van der Waals surface area contributed by atoms with Gasteiger partial charge in [-0.05, 0) is 19.3 Å². The van der Waals surface area contributed by atoms with E-state index in [-0.39, 0.29) is 35.9 Å². The van der Waals surface area contributed by atoms with E-state index in [4.69, 9.17) is 0 Å². The summed E-state index contributed by atoms with van der Waals surface area (Å²) >= 11 is 0. The van der Waals surface area contributed by atoms with Crippen molar-refractivity contribution in [1.29, 1.82) is 0 Å². The highest BCUT2D eigenvalue weighted by Crippen LogP contribution is 2.46. The molecule has 0 bridgehead atoms. The van der Waals surface area contributed by atoms with Crippen molar-refractivity contribution in [3.05, 3.63) is 54.1 Å². The maximum Gasteiger partial charge on any atom is 0.276 e. The predicted molar refractivity (Wildman–Crippen MR) is 108 cm³/mol. The van der Waals surface area contributed by atoms with Gasteiger partial charge in [-0.15, -0.1) is 0 Å². The van der Waals surface area contributed by atoms with Crippen molar-refractivity contribution in [3.8, 4) is 0 Å². The molecule has 3 aromatic rings. The zero-order chi connectivity index (χ0) is 21.5. The summed E-state index contributed by atoms with van der Waals surface area (Å²) in [6.45, 7) is 2.25. The lowest BCUT2D eigenvalue weighted by atomic mass is 10.2. The van der Waals surface area contributed by atoms with E-state index < -0.39 is 5.91 Å². The molecule has 2 aliphatic rings. The van der Waals surface area contributed by atoms with Crippen molar-refractivity contribution in [2.24, 2.45) is 11.8 Å². The average molecular weight is 420 g/mol. The summed E-state index contributed by atoms with van der Waals surface area (Å²) in [5.41, 5.74) is 1.56. The minimum Gasteiger partial charge on any atom is -0.390 e. The second kappa shape index (κ2) is 7.51. The van der Waals surface area contributed by atoms with Crippen molar-refractivity contribution in [2.45, 2.75) is 26.0 Å². The number of amides is 2. The minimum atomic E-state index is -0.481. The molecule has 5 rings (SSSR count). The van der Waals surface area contributed by atoms with Gasteiger partial charge in [-0.2, -0.15) is 5.10 Å². The fourth-order valence-electron chi connectivity index (χ4n) is 3.77. The van der Waals surface area contributed by atoms with Crippen molar-refractivity contribution in [3.63, 3.8) is 0 Å². The van der Waals surface area contributed by atoms with Gasteiger partial charge in [0.25, 0.3) is 5.91 Å². The first-order valence-electron chi connectivity index (χ1n) is 9.94. The highest BCUT2D eigenvalue weighted by Gasteiger charge is 2.53. The molecule has 31 heavy (non-hydrogen) atoms. The molecule has 11 heteroatoms. The van der Waals surface area contributed by atoms with Crippen molar-refractivity contribution >= 4 is 23.5 Å². The van der Waals surface area contributed by atoms with E-state index >= 15 is 0 Å². The Morgan fingerprint density at radius 3 is 2.71 bits per heavy atom. The summed E-state index contributed by atoms with van der Waals surface area (Å²) in [4.78, 5) is 43.0. The molecule has 158 valence electrons. The number of hydrogen-bond donors (Lipinski definition) is 2. The monoisotopic (exact) mass is 420 g/mol. The Kier molecular flexibility index (Phi) is 4.66. The van der Waals surface area contributed by atoms with E-state index in [1.54, 1.807) is 28.2 Å². The third-order valence-electron chi connectivity index (χ3n) is 5.70. The standard InChI is InChI=1S/C20H20N8O3/c1-11(13-5-23-20(24-6-13)27-8-12-4-15(12)19(27)31)28-9-14(7-25-28)26-18(30)17-16(10-29)21-2-3-22-17/h2-3,5-7,9,11-12,15,29H,4,8,10H2,1H3,(H,26,30)/t11-,12+,15+/m0/s1. The van der Waals surface area contributed by atoms with Gasteiger partial charge in [-0.3, -0.25) is 24.2 Å². The van der Waals surface area contributed by atoms with Gasteiger partial charge < -0.3 is 10.4 Å². The molecule has 4 heterocycles. The molecular formula is C20H20N8O3. The fourth-order valence-corrected chi connectivity index (χ4v) is 3.77. The van der Waals surface area contributed by atoms with Crippen LogP contribution in [-0.2, 0) is 11.4 Å². The first kappa shape index (κ1) is 19.2. The molecule has 3 aromatic heterocycles. The number of aliphatic hydroxyl groups is 1. The smallest absolute Gasteiger partial charge is 0.276 e. The van der Waals surface area contributed by atoms with E-state index in [0.717, 1.165) is 12.0 Å². The van der Waals surface area contributed by atoms with Crippen LogP contribution in [0.1, 0.15) is 41.1 Å².